The zero-order valence-corrected chi connectivity index (χ0v) is 14.8. The van der Waals surface area contributed by atoms with Crippen LogP contribution in [0.25, 0.3) is 0 Å². The maximum absolute atomic E-state index is 12.8. The van der Waals surface area contributed by atoms with E-state index in [9.17, 15) is 18.0 Å². The molecule has 1 saturated heterocycles. The van der Waals surface area contributed by atoms with Crippen LogP contribution in [0.3, 0.4) is 0 Å². The first-order valence-corrected chi connectivity index (χ1v) is 8.42. The van der Waals surface area contributed by atoms with Crippen LogP contribution in [-0.2, 0) is 17.5 Å². The molecule has 1 aromatic carbocycles. The molecule has 1 aliphatic rings. The van der Waals surface area contributed by atoms with Crippen LogP contribution >= 0.6 is 0 Å². The minimum atomic E-state index is -4.34. The lowest BCUT2D eigenvalue weighted by Crippen LogP contribution is -2.49. The number of nitrogens with one attached hydrogen (secondary N) is 1. The minimum absolute atomic E-state index is 0.0378. The molecule has 1 fully saturated rings. The first-order chi connectivity index (χ1) is 11.5. The second-order valence-corrected chi connectivity index (χ2v) is 7.34. The SMILES string of the molecule is CC(C)(C)OC(=O)N1CCCC(NCc2cccc(C(F)(F)F)c2)C1. The highest BCUT2D eigenvalue weighted by Gasteiger charge is 2.30. The number of halogens is 3. The zero-order chi connectivity index (χ0) is 18.7. The van der Waals surface area contributed by atoms with E-state index in [0.717, 1.165) is 25.0 Å². The second-order valence-electron chi connectivity index (χ2n) is 7.34. The summed E-state index contributed by atoms with van der Waals surface area (Å²) >= 11 is 0. The maximum Gasteiger partial charge on any atom is 0.416 e. The monoisotopic (exact) mass is 358 g/mol. The van der Waals surface area contributed by atoms with Crippen LogP contribution in [0.4, 0.5) is 18.0 Å². The highest BCUT2D eigenvalue weighted by molar-refractivity contribution is 5.68. The van der Waals surface area contributed by atoms with Gasteiger partial charge in [0, 0.05) is 25.7 Å². The Hall–Kier alpha value is -1.76. The first kappa shape index (κ1) is 19.6. The average molecular weight is 358 g/mol. The van der Waals surface area contributed by atoms with Gasteiger partial charge in [0.15, 0.2) is 0 Å². The molecule has 7 heteroatoms. The summed E-state index contributed by atoms with van der Waals surface area (Å²) in [5.74, 6) is 0. The van der Waals surface area contributed by atoms with Gasteiger partial charge in [0.2, 0.25) is 0 Å². The van der Waals surface area contributed by atoms with Crippen molar-refractivity contribution in [2.24, 2.45) is 0 Å². The summed E-state index contributed by atoms with van der Waals surface area (Å²) in [5.41, 5.74) is -0.620. The lowest BCUT2D eigenvalue weighted by Gasteiger charge is -2.34. The molecule has 1 amide bonds. The van der Waals surface area contributed by atoms with Gasteiger partial charge >= 0.3 is 12.3 Å². The fourth-order valence-corrected chi connectivity index (χ4v) is 2.76. The number of piperidine rings is 1. The van der Waals surface area contributed by atoms with Crippen molar-refractivity contribution in [3.8, 4) is 0 Å². The summed E-state index contributed by atoms with van der Waals surface area (Å²) < 4.78 is 43.7. The fraction of sp³-hybridized carbons (Fsp3) is 0.611. The summed E-state index contributed by atoms with van der Waals surface area (Å²) in [6.45, 7) is 6.91. The van der Waals surface area contributed by atoms with E-state index in [2.05, 4.69) is 5.32 Å². The lowest BCUT2D eigenvalue weighted by atomic mass is 10.0. The van der Waals surface area contributed by atoms with Crippen molar-refractivity contribution in [1.82, 2.24) is 10.2 Å². The minimum Gasteiger partial charge on any atom is -0.444 e. The molecule has 1 aliphatic heterocycles. The van der Waals surface area contributed by atoms with Crippen LogP contribution in [0.15, 0.2) is 24.3 Å². The fourth-order valence-electron chi connectivity index (χ4n) is 2.76. The zero-order valence-electron chi connectivity index (χ0n) is 14.8. The molecule has 0 aliphatic carbocycles. The molecule has 0 radical (unpaired) electrons. The highest BCUT2D eigenvalue weighted by Crippen LogP contribution is 2.29. The summed E-state index contributed by atoms with van der Waals surface area (Å²) in [4.78, 5) is 13.8. The second kappa shape index (κ2) is 7.64. The van der Waals surface area contributed by atoms with Crippen molar-refractivity contribution in [3.05, 3.63) is 35.4 Å². The quantitative estimate of drug-likeness (QED) is 0.881. The Morgan fingerprint density at radius 2 is 2.04 bits per heavy atom. The van der Waals surface area contributed by atoms with Gasteiger partial charge in [-0.25, -0.2) is 4.79 Å². The number of likely N-dealkylation sites (tertiary alicyclic amines) is 1. The molecule has 2 rings (SSSR count). The number of ether oxygens (including phenoxy) is 1. The largest absolute Gasteiger partial charge is 0.444 e. The smallest absolute Gasteiger partial charge is 0.416 e. The van der Waals surface area contributed by atoms with Gasteiger partial charge in [-0.05, 0) is 45.2 Å². The van der Waals surface area contributed by atoms with Crippen LogP contribution in [0.2, 0.25) is 0 Å². The number of hydrogen-bond acceptors (Lipinski definition) is 3. The molecular weight excluding hydrogens is 333 g/mol. The van der Waals surface area contributed by atoms with Crippen molar-refractivity contribution in [2.75, 3.05) is 13.1 Å². The van der Waals surface area contributed by atoms with Gasteiger partial charge in [-0.15, -0.1) is 0 Å². The highest BCUT2D eigenvalue weighted by atomic mass is 19.4. The molecule has 0 saturated carbocycles. The lowest BCUT2D eigenvalue weighted by molar-refractivity contribution is -0.137. The molecule has 1 atom stereocenters. The van der Waals surface area contributed by atoms with Gasteiger partial charge in [-0.1, -0.05) is 18.2 Å². The third-order valence-corrected chi connectivity index (χ3v) is 3.92. The first-order valence-electron chi connectivity index (χ1n) is 8.42. The van der Waals surface area contributed by atoms with Crippen molar-refractivity contribution in [1.29, 1.82) is 0 Å². The van der Waals surface area contributed by atoms with Gasteiger partial charge in [0.05, 0.1) is 5.56 Å². The Kier molecular flexibility index (Phi) is 5.98. The predicted octanol–water partition coefficient (Wildman–Crippen LogP) is 4.19. The van der Waals surface area contributed by atoms with E-state index in [1.165, 1.54) is 6.07 Å². The summed E-state index contributed by atoms with van der Waals surface area (Å²) in [6, 6.07) is 5.33. The molecule has 1 aromatic rings. The van der Waals surface area contributed by atoms with Gasteiger partial charge in [0.25, 0.3) is 0 Å². The third-order valence-electron chi connectivity index (χ3n) is 3.92. The number of hydrogen-bond donors (Lipinski definition) is 1. The van der Waals surface area contributed by atoms with Crippen LogP contribution in [0.5, 0.6) is 0 Å². The molecule has 1 unspecified atom stereocenters. The number of amides is 1. The normalized spacial score (nSPS) is 19.0. The summed E-state index contributed by atoms with van der Waals surface area (Å²) in [6.07, 6.45) is -2.98. The number of benzene rings is 1. The van der Waals surface area contributed by atoms with Crippen LogP contribution in [0, 0.1) is 0 Å². The molecule has 0 bridgehead atoms. The molecule has 0 spiro atoms. The number of carbonyl (C=O) groups excluding carboxylic acids is 1. The Labute approximate surface area is 146 Å². The molecule has 1 N–H and O–H groups in total. The van der Waals surface area contributed by atoms with Gasteiger partial charge in [-0.3, -0.25) is 0 Å². The maximum atomic E-state index is 12.8. The van der Waals surface area contributed by atoms with Crippen LogP contribution in [0.1, 0.15) is 44.7 Å². The van der Waals surface area contributed by atoms with Gasteiger partial charge in [-0.2, -0.15) is 13.2 Å². The number of rotatable bonds is 3. The van der Waals surface area contributed by atoms with E-state index < -0.39 is 17.3 Å². The Bertz CT molecular complexity index is 597. The molecule has 4 nitrogen and oxygen atoms in total. The van der Waals surface area contributed by atoms with Crippen molar-refractivity contribution in [2.45, 2.75) is 58.0 Å². The Balaban J connectivity index is 1.90. The van der Waals surface area contributed by atoms with Crippen molar-refractivity contribution >= 4 is 6.09 Å². The number of carbonyl (C=O) groups is 1. The van der Waals surface area contributed by atoms with E-state index >= 15 is 0 Å². The topological polar surface area (TPSA) is 41.6 Å². The van der Waals surface area contributed by atoms with E-state index in [1.54, 1.807) is 11.0 Å². The number of alkyl halides is 3. The molecular formula is C18H25F3N2O2. The van der Waals surface area contributed by atoms with Crippen molar-refractivity contribution in [3.63, 3.8) is 0 Å². The Morgan fingerprint density at radius 3 is 2.68 bits per heavy atom. The molecule has 140 valence electrons. The molecule has 25 heavy (non-hydrogen) atoms. The van der Waals surface area contributed by atoms with E-state index in [-0.39, 0.29) is 12.1 Å². The summed E-state index contributed by atoms with van der Waals surface area (Å²) in [5, 5.41) is 3.25. The Morgan fingerprint density at radius 1 is 1.32 bits per heavy atom. The van der Waals surface area contributed by atoms with E-state index in [1.807, 2.05) is 20.8 Å². The van der Waals surface area contributed by atoms with E-state index in [0.29, 0.717) is 25.2 Å². The van der Waals surface area contributed by atoms with E-state index in [4.69, 9.17) is 4.74 Å². The molecule has 1 heterocycles. The molecule has 0 aromatic heterocycles. The standard InChI is InChI=1S/C18H25F3N2O2/c1-17(2,3)25-16(24)23-9-5-8-15(12-23)22-11-13-6-4-7-14(10-13)18(19,20)21/h4,6-7,10,15,22H,5,8-9,11-12H2,1-3H3. The average Bonchev–Trinajstić information content (AvgIpc) is 2.51. The van der Waals surface area contributed by atoms with Crippen LogP contribution in [-0.4, -0.2) is 35.7 Å². The van der Waals surface area contributed by atoms with Crippen LogP contribution < -0.4 is 5.32 Å². The van der Waals surface area contributed by atoms with Gasteiger partial charge in [0.1, 0.15) is 5.60 Å². The predicted molar refractivity (Wildman–Crippen MR) is 89.1 cm³/mol. The third kappa shape index (κ3) is 6.23. The summed E-state index contributed by atoms with van der Waals surface area (Å²) in [7, 11) is 0. The number of nitrogens with zero attached hydrogens (tertiary/aromatic N) is 1. The van der Waals surface area contributed by atoms with Gasteiger partial charge < -0.3 is 15.0 Å². The van der Waals surface area contributed by atoms with Crippen molar-refractivity contribution < 1.29 is 22.7 Å².